The Hall–Kier alpha value is -1.81. The van der Waals surface area contributed by atoms with E-state index in [1.165, 1.54) is 0 Å². The normalized spacial score (nSPS) is 10.1. The number of halogens is 1. The summed E-state index contributed by atoms with van der Waals surface area (Å²) in [5.74, 6) is 1.36. The van der Waals surface area contributed by atoms with Gasteiger partial charge in [-0.05, 0) is 24.3 Å². The zero-order valence-electron chi connectivity index (χ0n) is 9.48. The van der Waals surface area contributed by atoms with Gasteiger partial charge in [-0.15, -0.1) is 10.2 Å². The Balaban J connectivity index is 2.59. The van der Waals surface area contributed by atoms with Gasteiger partial charge >= 0.3 is 0 Å². The Kier molecular flexibility index (Phi) is 3.44. The monoisotopic (exact) mass is 250 g/mol. The molecule has 0 saturated heterocycles. The third-order valence-corrected chi connectivity index (χ3v) is 2.52. The summed E-state index contributed by atoms with van der Waals surface area (Å²) in [5.41, 5.74) is 1.42. The second kappa shape index (κ2) is 5.01. The van der Waals surface area contributed by atoms with E-state index < -0.39 is 0 Å². The van der Waals surface area contributed by atoms with Crippen molar-refractivity contribution in [3.63, 3.8) is 0 Å². The summed E-state index contributed by atoms with van der Waals surface area (Å²) >= 11 is 5.71. The van der Waals surface area contributed by atoms with E-state index in [2.05, 4.69) is 10.2 Å². The van der Waals surface area contributed by atoms with Crippen molar-refractivity contribution in [2.24, 2.45) is 0 Å². The molecule has 1 aromatic carbocycles. The Labute approximate surface area is 104 Å². The lowest BCUT2D eigenvalue weighted by atomic mass is 10.1. The van der Waals surface area contributed by atoms with E-state index in [9.17, 15) is 0 Å². The second-order valence-corrected chi connectivity index (χ2v) is 3.67. The maximum atomic E-state index is 5.71. The van der Waals surface area contributed by atoms with Crippen LogP contribution in [0.2, 0.25) is 5.15 Å². The molecule has 0 spiro atoms. The number of methoxy groups -OCH3 is 2. The quantitative estimate of drug-likeness (QED) is 0.840. The Morgan fingerprint density at radius 3 is 2.06 bits per heavy atom. The topological polar surface area (TPSA) is 44.2 Å². The van der Waals surface area contributed by atoms with E-state index in [1.807, 2.05) is 18.2 Å². The number of hydrogen-bond acceptors (Lipinski definition) is 4. The maximum absolute atomic E-state index is 5.71. The average molecular weight is 251 g/mol. The minimum atomic E-state index is 0.350. The van der Waals surface area contributed by atoms with E-state index in [0.717, 1.165) is 5.56 Å². The van der Waals surface area contributed by atoms with Gasteiger partial charge in [0.25, 0.3) is 0 Å². The van der Waals surface area contributed by atoms with Crippen LogP contribution in [-0.2, 0) is 0 Å². The van der Waals surface area contributed by atoms with Gasteiger partial charge in [-0.1, -0.05) is 17.7 Å². The Bertz CT molecular complexity index is 492. The third-order valence-electron chi connectivity index (χ3n) is 2.32. The second-order valence-electron chi connectivity index (χ2n) is 3.28. The molecule has 1 aromatic heterocycles. The fraction of sp³-hybridized carbons (Fsp3) is 0.167. The van der Waals surface area contributed by atoms with Crippen LogP contribution in [0.5, 0.6) is 11.5 Å². The molecule has 0 bridgehead atoms. The van der Waals surface area contributed by atoms with E-state index in [1.54, 1.807) is 26.4 Å². The smallest absolute Gasteiger partial charge is 0.151 e. The molecule has 0 aliphatic heterocycles. The molecule has 0 radical (unpaired) electrons. The van der Waals surface area contributed by atoms with Gasteiger partial charge in [0.1, 0.15) is 17.2 Å². The molecule has 88 valence electrons. The molecule has 0 aliphatic rings. The predicted molar refractivity (Wildman–Crippen MR) is 65.6 cm³/mol. The lowest BCUT2D eigenvalue weighted by molar-refractivity contribution is 0.397. The molecule has 0 atom stereocenters. The molecule has 0 fully saturated rings. The van der Waals surface area contributed by atoms with Crippen molar-refractivity contribution >= 4 is 11.6 Å². The van der Waals surface area contributed by atoms with Gasteiger partial charge in [0, 0.05) is 0 Å². The molecule has 2 rings (SSSR count). The average Bonchev–Trinajstić information content (AvgIpc) is 2.38. The zero-order valence-corrected chi connectivity index (χ0v) is 10.2. The number of ether oxygens (including phenoxy) is 2. The number of rotatable bonds is 3. The van der Waals surface area contributed by atoms with Crippen LogP contribution in [0.1, 0.15) is 0 Å². The number of aromatic nitrogens is 2. The van der Waals surface area contributed by atoms with Crippen LogP contribution in [0, 0.1) is 0 Å². The molecular weight excluding hydrogens is 240 g/mol. The van der Waals surface area contributed by atoms with Crippen molar-refractivity contribution in [1.82, 2.24) is 10.2 Å². The molecule has 0 aliphatic carbocycles. The molecule has 5 heteroatoms. The zero-order chi connectivity index (χ0) is 12.3. The van der Waals surface area contributed by atoms with Gasteiger partial charge in [-0.2, -0.15) is 0 Å². The largest absolute Gasteiger partial charge is 0.496 e. The summed E-state index contributed by atoms with van der Waals surface area (Å²) in [5, 5.41) is 8.18. The van der Waals surface area contributed by atoms with Gasteiger partial charge in [-0.3, -0.25) is 0 Å². The molecule has 0 saturated carbocycles. The van der Waals surface area contributed by atoms with Gasteiger partial charge in [0.05, 0.1) is 19.8 Å². The maximum Gasteiger partial charge on any atom is 0.151 e. The molecule has 1 heterocycles. The SMILES string of the molecule is COc1cccc(OC)c1-c1ccc(Cl)nn1. The predicted octanol–water partition coefficient (Wildman–Crippen LogP) is 2.81. The summed E-state index contributed by atoms with van der Waals surface area (Å²) in [4.78, 5) is 0. The fourth-order valence-electron chi connectivity index (χ4n) is 1.55. The van der Waals surface area contributed by atoms with E-state index in [-0.39, 0.29) is 0 Å². The summed E-state index contributed by atoms with van der Waals surface area (Å²) in [7, 11) is 3.20. The number of benzene rings is 1. The van der Waals surface area contributed by atoms with Gasteiger partial charge < -0.3 is 9.47 Å². The lowest BCUT2D eigenvalue weighted by Crippen LogP contribution is -1.95. The third kappa shape index (κ3) is 2.31. The highest BCUT2D eigenvalue weighted by Crippen LogP contribution is 2.36. The van der Waals surface area contributed by atoms with Crippen molar-refractivity contribution in [3.05, 3.63) is 35.5 Å². The van der Waals surface area contributed by atoms with Gasteiger partial charge in [-0.25, -0.2) is 0 Å². The molecular formula is C12H11ClN2O2. The van der Waals surface area contributed by atoms with Crippen LogP contribution >= 0.6 is 11.6 Å². The van der Waals surface area contributed by atoms with E-state index in [0.29, 0.717) is 22.3 Å². The Morgan fingerprint density at radius 1 is 0.941 bits per heavy atom. The summed E-state index contributed by atoms with van der Waals surface area (Å²) in [6, 6.07) is 8.98. The van der Waals surface area contributed by atoms with Crippen LogP contribution in [-0.4, -0.2) is 24.4 Å². The van der Waals surface area contributed by atoms with Crippen LogP contribution in [0.15, 0.2) is 30.3 Å². The summed E-state index contributed by atoms with van der Waals surface area (Å²) in [6.07, 6.45) is 0. The first-order valence-corrected chi connectivity index (χ1v) is 5.34. The number of nitrogens with zero attached hydrogens (tertiary/aromatic N) is 2. The molecule has 0 amide bonds. The van der Waals surface area contributed by atoms with E-state index >= 15 is 0 Å². The molecule has 0 N–H and O–H groups in total. The summed E-state index contributed by atoms with van der Waals surface area (Å²) in [6.45, 7) is 0. The van der Waals surface area contributed by atoms with Gasteiger partial charge in [0.15, 0.2) is 5.15 Å². The first kappa shape index (κ1) is 11.7. The van der Waals surface area contributed by atoms with Crippen LogP contribution in [0.3, 0.4) is 0 Å². The molecule has 2 aromatic rings. The first-order valence-electron chi connectivity index (χ1n) is 4.97. The minimum absolute atomic E-state index is 0.350. The fourth-order valence-corrected chi connectivity index (χ4v) is 1.65. The standard InChI is InChI=1S/C12H11ClN2O2/c1-16-9-4-3-5-10(17-2)12(9)8-6-7-11(13)15-14-8/h3-7H,1-2H3. The van der Waals surface area contributed by atoms with Crippen LogP contribution in [0.4, 0.5) is 0 Å². The van der Waals surface area contributed by atoms with E-state index in [4.69, 9.17) is 21.1 Å². The lowest BCUT2D eigenvalue weighted by Gasteiger charge is -2.11. The van der Waals surface area contributed by atoms with Crippen LogP contribution < -0.4 is 9.47 Å². The van der Waals surface area contributed by atoms with Crippen molar-refractivity contribution in [2.75, 3.05) is 14.2 Å². The van der Waals surface area contributed by atoms with Gasteiger partial charge in [0.2, 0.25) is 0 Å². The first-order chi connectivity index (χ1) is 8.26. The Morgan fingerprint density at radius 2 is 1.59 bits per heavy atom. The highest BCUT2D eigenvalue weighted by atomic mass is 35.5. The minimum Gasteiger partial charge on any atom is -0.496 e. The highest BCUT2D eigenvalue weighted by molar-refractivity contribution is 6.29. The summed E-state index contributed by atoms with van der Waals surface area (Å²) < 4.78 is 10.6. The highest BCUT2D eigenvalue weighted by Gasteiger charge is 2.13. The van der Waals surface area contributed by atoms with Crippen molar-refractivity contribution in [3.8, 4) is 22.8 Å². The van der Waals surface area contributed by atoms with Crippen molar-refractivity contribution < 1.29 is 9.47 Å². The van der Waals surface area contributed by atoms with Crippen molar-refractivity contribution in [1.29, 1.82) is 0 Å². The molecule has 0 unspecified atom stereocenters. The van der Waals surface area contributed by atoms with Crippen LogP contribution in [0.25, 0.3) is 11.3 Å². The number of hydrogen-bond donors (Lipinski definition) is 0. The molecule has 4 nitrogen and oxygen atoms in total. The molecule has 17 heavy (non-hydrogen) atoms. The van der Waals surface area contributed by atoms with Crippen molar-refractivity contribution in [2.45, 2.75) is 0 Å².